The largest absolute Gasteiger partial charge is 0.0843 e. The number of hydrogen-bond donors (Lipinski definition) is 0. The normalized spacial score (nSPS) is 59.4. The first kappa shape index (κ1) is 11.8. The molecule has 3 aliphatic rings. The van der Waals surface area contributed by atoms with Crippen molar-refractivity contribution in [3.8, 4) is 0 Å². The monoisotopic (exact) mass is 232 g/mol. The van der Waals surface area contributed by atoms with Gasteiger partial charge in [0.05, 0.1) is 0 Å². The summed E-state index contributed by atoms with van der Waals surface area (Å²) in [5.41, 5.74) is 0.529. The minimum Gasteiger partial charge on any atom is -0.0843 e. The Bertz CT molecular complexity index is 319. The lowest BCUT2D eigenvalue weighted by Crippen LogP contribution is -2.44. The Hall–Kier alpha value is -0.260. The van der Waals surface area contributed by atoms with Crippen LogP contribution in [0.4, 0.5) is 0 Å². The minimum atomic E-state index is 0.529. The van der Waals surface area contributed by atoms with Crippen molar-refractivity contribution in [2.45, 2.75) is 41.5 Å². The fourth-order valence-electron chi connectivity index (χ4n) is 5.70. The molecule has 0 N–H and O–H groups in total. The maximum Gasteiger partial charge on any atom is -0.0142 e. The second-order valence-corrected chi connectivity index (χ2v) is 7.85. The number of hydrogen-bond acceptors (Lipinski definition) is 0. The van der Waals surface area contributed by atoms with Crippen LogP contribution in [-0.4, -0.2) is 0 Å². The van der Waals surface area contributed by atoms with E-state index in [1.807, 2.05) is 0 Å². The molecule has 0 aliphatic heterocycles. The van der Waals surface area contributed by atoms with E-state index in [1.165, 1.54) is 0 Å². The third kappa shape index (κ3) is 1.25. The molecule has 8 unspecified atom stereocenters. The molecule has 0 aromatic heterocycles. The van der Waals surface area contributed by atoms with Crippen molar-refractivity contribution in [3.05, 3.63) is 12.2 Å². The molecule has 2 saturated carbocycles. The maximum absolute atomic E-state index is 2.55. The van der Waals surface area contributed by atoms with Crippen molar-refractivity contribution >= 4 is 0 Å². The van der Waals surface area contributed by atoms with Crippen LogP contribution in [-0.2, 0) is 0 Å². The van der Waals surface area contributed by atoms with Crippen molar-refractivity contribution < 1.29 is 0 Å². The van der Waals surface area contributed by atoms with E-state index in [9.17, 15) is 0 Å². The molecule has 17 heavy (non-hydrogen) atoms. The zero-order valence-electron chi connectivity index (χ0n) is 12.3. The predicted molar refractivity (Wildman–Crippen MR) is 73.5 cm³/mol. The van der Waals surface area contributed by atoms with E-state index in [2.05, 4.69) is 53.7 Å². The molecule has 0 radical (unpaired) electrons. The Balaban J connectivity index is 2.03. The van der Waals surface area contributed by atoms with Gasteiger partial charge in [-0.3, -0.25) is 0 Å². The van der Waals surface area contributed by atoms with Crippen LogP contribution in [0.5, 0.6) is 0 Å². The van der Waals surface area contributed by atoms with E-state index >= 15 is 0 Å². The summed E-state index contributed by atoms with van der Waals surface area (Å²) in [5.74, 6) is 7.23. The van der Waals surface area contributed by atoms with Crippen LogP contribution < -0.4 is 0 Å². The molecule has 0 aromatic rings. The molecule has 0 spiro atoms. The molecule has 0 nitrogen and oxygen atoms in total. The molecule has 0 amide bonds. The van der Waals surface area contributed by atoms with Gasteiger partial charge < -0.3 is 0 Å². The summed E-state index contributed by atoms with van der Waals surface area (Å²) in [6.45, 7) is 15.0. The van der Waals surface area contributed by atoms with E-state index < -0.39 is 0 Å². The fraction of sp³-hybridized carbons (Fsp3) is 0.882. The lowest BCUT2D eigenvalue weighted by atomic mass is 9.56. The summed E-state index contributed by atoms with van der Waals surface area (Å²) >= 11 is 0. The molecular formula is C17H28. The predicted octanol–water partition coefficient (Wildman–Crippen LogP) is 4.62. The summed E-state index contributed by atoms with van der Waals surface area (Å²) < 4.78 is 0. The molecule has 3 aliphatic carbocycles. The first-order valence-electron chi connectivity index (χ1n) is 7.55. The van der Waals surface area contributed by atoms with Gasteiger partial charge >= 0.3 is 0 Å². The van der Waals surface area contributed by atoms with Crippen molar-refractivity contribution in [2.75, 3.05) is 0 Å². The van der Waals surface area contributed by atoms with Crippen molar-refractivity contribution in [2.24, 2.45) is 52.8 Å². The highest BCUT2D eigenvalue weighted by Gasteiger charge is 2.61. The smallest absolute Gasteiger partial charge is 0.0142 e. The van der Waals surface area contributed by atoms with Gasteiger partial charge in [-0.1, -0.05) is 53.7 Å². The Morgan fingerprint density at radius 2 is 1.00 bits per heavy atom. The van der Waals surface area contributed by atoms with Gasteiger partial charge in [-0.05, 0) is 52.8 Å². The topological polar surface area (TPSA) is 0 Å². The zero-order chi connectivity index (χ0) is 12.5. The van der Waals surface area contributed by atoms with Gasteiger partial charge in [0.1, 0.15) is 0 Å². The van der Waals surface area contributed by atoms with Crippen LogP contribution in [0.3, 0.4) is 0 Å². The second kappa shape index (κ2) is 3.39. The van der Waals surface area contributed by atoms with Gasteiger partial charge in [0.15, 0.2) is 0 Å². The average molecular weight is 232 g/mol. The van der Waals surface area contributed by atoms with E-state index in [1.54, 1.807) is 0 Å². The van der Waals surface area contributed by atoms with Gasteiger partial charge in [0, 0.05) is 0 Å². The minimum absolute atomic E-state index is 0.529. The highest BCUT2D eigenvalue weighted by molar-refractivity contribution is 5.23. The first-order chi connectivity index (χ1) is 7.87. The highest BCUT2D eigenvalue weighted by Crippen LogP contribution is 2.67. The number of fused-ring (bicyclic) bond motifs is 5. The van der Waals surface area contributed by atoms with E-state index in [0.29, 0.717) is 5.41 Å². The third-order valence-electron chi connectivity index (χ3n) is 7.22. The maximum atomic E-state index is 2.55. The van der Waals surface area contributed by atoms with Gasteiger partial charge in [-0.15, -0.1) is 0 Å². The molecule has 0 heterocycles. The van der Waals surface area contributed by atoms with Crippen molar-refractivity contribution in [3.63, 3.8) is 0 Å². The van der Waals surface area contributed by atoms with E-state index in [4.69, 9.17) is 0 Å². The lowest BCUT2D eigenvalue weighted by Gasteiger charge is -2.49. The molecule has 0 saturated heterocycles. The Morgan fingerprint density at radius 3 is 1.35 bits per heavy atom. The third-order valence-corrected chi connectivity index (χ3v) is 7.22. The van der Waals surface area contributed by atoms with Crippen LogP contribution in [0.25, 0.3) is 0 Å². The quantitative estimate of drug-likeness (QED) is 0.535. The summed E-state index contributed by atoms with van der Waals surface area (Å²) in [7, 11) is 0. The van der Waals surface area contributed by atoms with E-state index in [0.717, 1.165) is 47.3 Å². The van der Waals surface area contributed by atoms with Crippen molar-refractivity contribution in [1.29, 1.82) is 0 Å². The molecular weight excluding hydrogens is 204 g/mol. The Kier molecular flexibility index (Phi) is 2.36. The molecule has 96 valence electrons. The summed E-state index contributed by atoms with van der Waals surface area (Å²) in [6, 6.07) is 0. The van der Waals surface area contributed by atoms with Crippen LogP contribution >= 0.6 is 0 Å². The van der Waals surface area contributed by atoms with Crippen LogP contribution in [0, 0.1) is 52.8 Å². The van der Waals surface area contributed by atoms with Crippen LogP contribution in [0.1, 0.15) is 41.5 Å². The SMILES string of the molecule is CC1C(C)C(C)C2C(C1C)C1C=CC2C1(C)C. The van der Waals surface area contributed by atoms with E-state index in [-0.39, 0.29) is 0 Å². The molecule has 2 bridgehead atoms. The summed E-state index contributed by atoms with van der Waals surface area (Å²) in [5, 5.41) is 0. The molecule has 3 rings (SSSR count). The van der Waals surface area contributed by atoms with Gasteiger partial charge in [0.2, 0.25) is 0 Å². The molecule has 0 aromatic carbocycles. The van der Waals surface area contributed by atoms with Crippen molar-refractivity contribution in [1.82, 2.24) is 0 Å². The van der Waals surface area contributed by atoms with Gasteiger partial charge in [0.25, 0.3) is 0 Å². The summed E-state index contributed by atoms with van der Waals surface area (Å²) in [6.07, 6.45) is 5.11. The summed E-state index contributed by atoms with van der Waals surface area (Å²) in [4.78, 5) is 0. The van der Waals surface area contributed by atoms with Crippen LogP contribution in [0.15, 0.2) is 12.2 Å². The van der Waals surface area contributed by atoms with Crippen LogP contribution in [0.2, 0.25) is 0 Å². The molecule has 8 atom stereocenters. The Morgan fingerprint density at radius 1 is 0.647 bits per heavy atom. The zero-order valence-corrected chi connectivity index (χ0v) is 12.3. The average Bonchev–Trinajstić information content (AvgIpc) is 2.70. The Labute approximate surface area is 107 Å². The molecule has 0 heteroatoms. The fourth-order valence-corrected chi connectivity index (χ4v) is 5.70. The number of allylic oxidation sites excluding steroid dienone is 2. The number of rotatable bonds is 0. The molecule has 2 fully saturated rings. The highest BCUT2D eigenvalue weighted by atomic mass is 14.7. The van der Waals surface area contributed by atoms with Gasteiger partial charge in [-0.2, -0.15) is 0 Å². The van der Waals surface area contributed by atoms with Gasteiger partial charge in [-0.25, -0.2) is 0 Å². The first-order valence-corrected chi connectivity index (χ1v) is 7.55. The standard InChI is InChI=1S/C17H28/c1-9-10(2)12(4)16-14-8-7-13(17(14,5)6)15(16)11(9)3/h7-16H,1-6H3. The lowest BCUT2D eigenvalue weighted by molar-refractivity contribution is 0.00551. The second-order valence-electron chi connectivity index (χ2n) is 7.85.